The molecule has 0 heterocycles. The van der Waals surface area contributed by atoms with E-state index in [1.54, 1.807) is 19.3 Å². The van der Waals surface area contributed by atoms with Crippen LogP contribution in [0.15, 0.2) is 0 Å². The summed E-state index contributed by atoms with van der Waals surface area (Å²) in [5.74, 6) is 5.90. The average molecular weight is 444 g/mol. The third-order valence-corrected chi connectivity index (χ3v) is 18.3. The molecule has 6 rings (SSSR count). The van der Waals surface area contributed by atoms with Gasteiger partial charge in [0, 0.05) is 64.2 Å². The lowest BCUT2D eigenvalue weighted by Crippen LogP contribution is -2.55. The van der Waals surface area contributed by atoms with Gasteiger partial charge >= 0.3 is 0 Å². The number of rotatable bonds is 3. The van der Waals surface area contributed by atoms with Crippen molar-refractivity contribution in [3.63, 3.8) is 0 Å². The van der Waals surface area contributed by atoms with Crippen molar-refractivity contribution in [3.05, 3.63) is 0 Å². The molecule has 6 aliphatic carbocycles. The summed E-state index contributed by atoms with van der Waals surface area (Å²) >= 11 is 0. The Bertz CT molecular complexity index is 688. The van der Waals surface area contributed by atoms with Gasteiger partial charge in [-0.15, -0.1) is 0 Å². The molecule has 0 aliphatic heterocycles. The van der Waals surface area contributed by atoms with Crippen LogP contribution in [0, 0.1) is 51.8 Å². The second-order valence-corrected chi connectivity index (χ2v) is 18.3. The highest BCUT2D eigenvalue weighted by atomic mass is 32.2. The van der Waals surface area contributed by atoms with Crippen molar-refractivity contribution in [2.75, 3.05) is 0 Å². The molecule has 0 nitrogen and oxygen atoms in total. The van der Waals surface area contributed by atoms with Crippen molar-refractivity contribution in [1.29, 1.82) is 0 Å². The zero-order valence-corrected chi connectivity index (χ0v) is 23.1. The molecule has 6 aliphatic rings. The summed E-state index contributed by atoms with van der Waals surface area (Å²) in [4.78, 5) is 0. The van der Waals surface area contributed by atoms with Crippen LogP contribution in [-0.2, 0) is 10.9 Å². The van der Waals surface area contributed by atoms with E-state index in [2.05, 4.69) is 62.3 Å². The Morgan fingerprint density at radius 1 is 0.452 bits per heavy atom. The lowest BCUT2D eigenvalue weighted by molar-refractivity contribution is 0.346. The lowest BCUT2D eigenvalue weighted by Gasteiger charge is -2.44. The molecule has 31 heavy (non-hydrogen) atoms. The Balaban J connectivity index is 1.56. The summed E-state index contributed by atoms with van der Waals surface area (Å²) in [6.07, 6.45) is 13.8. The second kappa shape index (κ2) is 5.94. The van der Waals surface area contributed by atoms with Crippen LogP contribution in [0.4, 0.5) is 0 Å². The van der Waals surface area contributed by atoms with E-state index in [1.165, 1.54) is 38.5 Å². The van der Waals surface area contributed by atoms with Crippen LogP contribution >= 0.6 is 0 Å². The maximum atomic E-state index is 2.73. The van der Waals surface area contributed by atoms with Crippen LogP contribution in [0.2, 0.25) is 0 Å². The molecule has 176 valence electrons. The first-order valence-electron chi connectivity index (χ1n) is 14.1. The minimum atomic E-state index is 0.571. The van der Waals surface area contributed by atoms with E-state index < -0.39 is 0 Å². The van der Waals surface area contributed by atoms with Crippen molar-refractivity contribution >= 4 is 10.9 Å². The first kappa shape index (κ1) is 21.9. The molecular formula is C30H51S+. The standard InChI is InChI=1S/C30H51S/c1-19-10-13-22-25(4,5)28(22,16-19)31(29-17-20(2)11-14-23(29)26(29,6)7)30-18-21(3)12-15-24(30)27(30,8)9/h19-24H,10-18H2,1-9H3/q+1/t19?,20?,21?,22?,23?,24?,28-,29?,30?,31?/m1/s1. The van der Waals surface area contributed by atoms with Gasteiger partial charge < -0.3 is 0 Å². The molecule has 6 fully saturated rings. The van der Waals surface area contributed by atoms with E-state index in [0.717, 1.165) is 35.5 Å². The zero-order valence-electron chi connectivity index (χ0n) is 22.2. The van der Waals surface area contributed by atoms with Crippen LogP contribution in [0.25, 0.3) is 0 Å². The van der Waals surface area contributed by atoms with E-state index in [1.807, 2.05) is 0 Å². The Hall–Kier alpha value is 0.350. The Kier molecular flexibility index (Phi) is 4.19. The fourth-order valence-electron chi connectivity index (χ4n) is 11.4. The van der Waals surface area contributed by atoms with Crippen molar-refractivity contribution in [3.8, 4) is 0 Å². The highest BCUT2D eigenvalue weighted by molar-refractivity contribution is 8.01. The van der Waals surface area contributed by atoms with E-state index >= 15 is 0 Å². The SMILES string of the molecule is CC1CCC2C(C)(C)C2([S+](C23CC(C)CCC2C3(C)C)[C@]23CC(C)CCC2C3(C)C)C1. The fraction of sp³-hybridized carbons (Fsp3) is 1.00. The quantitative estimate of drug-likeness (QED) is 0.385. The van der Waals surface area contributed by atoms with E-state index in [0.29, 0.717) is 41.4 Å². The molecule has 1 heteroatoms. The minimum absolute atomic E-state index is 0.571. The molecule has 0 amide bonds. The normalized spacial score (nSPS) is 58.4. The van der Waals surface area contributed by atoms with E-state index in [4.69, 9.17) is 0 Å². The molecule has 0 spiro atoms. The Morgan fingerprint density at radius 3 is 0.968 bits per heavy atom. The van der Waals surface area contributed by atoms with Crippen molar-refractivity contribution in [2.24, 2.45) is 51.8 Å². The fourth-order valence-corrected chi connectivity index (χ4v) is 18.6. The maximum absolute atomic E-state index is 2.73. The lowest BCUT2D eigenvalue weighted by atomic mass is 9.89. The average Bonchev–Trinajstić information content (AvgIpc) is 3.48. The zero-order chi connectivity index (χ0) is 22.4. The molecule has 0 N–H and O–H groups in total. The van der Waals surface area contributed by atoms with Crippen LogP contribution in [-0.4, -0.2) is 14.2 Å². The van der Waals surface area contributed by atoms with Gasteiger partial charge in [0.2, 0.25) is 0 Å². The molecule has 0 bridgehead atoms. The van der Waals surface area contributed by atoms with Crippen LogP contribution in [0.3, 0.4) is 0 Å². The summed E-state index contributed by atoms with van der Waals surface area (Å²) in [6, 6.07) is 0. The highest BCUT2D eigenvalue weighted by Gasteiger charge is 2.99. The summed E-state index contributed by atoms with van der Waals surface area (Å²) in [5, 5.41) is 0. The third kappa shape index (κ3) is 2.20. The van der Waals surface area contributed by atoms with Crippen molar-refractivity contribution in [1.82, 2.24) is 0 Å². The molecular weight excluding hydrogens is 392 g/mol. The van der Waals surface area contributed by atoms with Gasteiger partial charge in [-0.2, -0.15) is 0 Å². The monoisotopic (exact) mass is 443 g/mol. The van der Waals surface area contributed by atoms with Gasteiger partial charge in [-0.3, -0.25) is 0 Å². The Labute approximate surface area is 196 Å². The van der Waals surface area contributed by atoms with Crippen molar-refractivity contribution in [2.45, 2.75) is 134 Å². The minimum Gasteiger partial charge on any atom is -0.0623 e. The maximum Gasteiger partial charge on any atom is 0.138 e. The van der Waals surface area contributed by atoms with Crippen LogP contribution in [0.5, 0.6) is 0 Å². The smallest absolute Gasteiger partial charge is 0.0623 e. The molecule has 8 unspecified atom stereocenters. The number of fused-ring (bicyclic) bond motifs is 3. The van der Waals surface area contributed by atoms with Crippen LogP contribution in [0.1, 0.15) is 120 Å². The Morgan fingerprint density at radius 2 is 0.710 bits per heavy atom. The molecule has 0 saturated heterocycles. The molecule has 0 aromatic carbocycles. The largest absolute Gasteiger partial charge is 0.138 e. The summed E-state index contributed by atoms with van der Waals surface area (Å²) in [6.45, 7) is 24.2. The predicted octanol–water partition coefficient (Wildman–Crippen LogP) is 8.25. The summed E-state index contributed by atoms with van der Waals surface area (Å²) in [7, 11) is 0.571. The summed E-state index contributed by atoms with van der Waals surface area (Å²) < 4.78 is 1.99. The molecule has 0 radical (unpaired) electrons. The van der Waals surface area contributed by atoms with E-state index in [-0.39, 0.29) is 0 Å². The number of hydrogen-bond acceptors (Lipinski definition) is 0. The van der Waals surface area contributed by atoms with Crippen LogP contribution < -0.4 is 0 Å². The van der Waals surface area contributed by atoms with Gasteiger partial charge in [0.1, 0.15) is 14.2 Å². The first-order chi connectivity index (χ1) is 14.3. The molecule has 0 aromatic heterocycles. The molecule has 9 atom stereocenters. The van der Waals surface area contributed by atoms with Gasteiger partial charge in [0.05, 0.1) is 0 Å². The third-order valence-electron chi connectivity index (χ3n) is 13.2. The van der Waals surface area contributed by atoms with Gasteiger partial charge in [-0.25, -0.2) is 0 Å². The second-order valence-electron chi connectivity index (χ2n) is 15.5. The van der Waals surface area contributed by atoms with E-state index in [9.17, 15) is 0 Å². The summed E-state index contributed by atoms with van der Waals surface area (Å²) in [5.41, 5.74) is 1.74. The first-order valence-corrected chi connectivity index (χ1v) is 15.3. The van der Waals surface area contributed by atoms with Gasteiger partial charge in [0.25, 0.3) is 0 Å². The molecule has 0 aromatic rings. The molecule has 6 saturated carbocycles. The van der Waals surface area contributed by atoms with Gasteiger partial charge in [0.15, 0.2) is 0 Å². The highest BCUT2D eigenvalue weighted by Crippen LogP contribution is 2.90. The van der Waals surface area contributed by atoms with Crippen molar-refractivity contribution < 1.29 is 0 Å². The topological polar surface area (TPSA) is 0 Å². The van der Waals surface area contributed by atoms with Gasteiger partial charge in [-0.1, -0.05) is 81.6 Å². The predicted molar refractivity (Wildman–Crippen MR) is 136 cm³/mol. The number of hydrogen-bond donors (Lipinski definition) is 0. The van der Waals surface area contributed by atoms with Gasteiger partial charge in [-0.05, 0) is 37.0 Å².